The van der Waals surface area contributed by atoms with Gasteiger partial charge >= 0.3 is 0 Å². The lowest BCUT2D eigenvalue weighted by molar-refractivity contribution is 0.281. The summed E-state index contributed by atoms with van der Waals surface area (Å²) >= 11 is 0. The van der Waals surface area contributed by atoms with Gasteiger partial charge in [-0.05, 0) is 37.1 Å². The van der Waals surface area contributed by atoms with Gasteiger partial charge in [0.15, 0.2) is 11.5 Å². The van der Waals surface area contributed by atoms with Gasteiger partial charge in [-0.2, -0.15) is 0 Å². The number of pyridine rings is 1. The number of hydrogen-bond acceptors (Lipinski definition) is 7. The third-order valence-corrected chi connectivity index (χ3v) is 4.45. The third-order valence-electron chi connectivity index (χ3n) is 4.45. The summed E-state index contributed by atoms with van der Waals surface area (Å²) in [4.78, 5) is 4.21. The van der Waals surface area contributed by atoms with Crippen molar-refractivity contribution in [2.24, 2.45) is 0 Å². The highest BCUT2D eigenvalue weighted by molar-refractivity contribution is 5.43. The van der Waals surface area contributed by atoms with E-state index in [-0.39, 0.29) is 0 Å². The summed E-state index contributed by atoms with van der Waals surface area (Å²) in [6.45, 7) is 5.58. The smallest absolute Gasteiger partial charge is 0.212 e. The van der Waals surface area contributed by atoms with Crippen LogP contribution in [0.25, 0.3) is 0 Å². The van der Waals surface area contributed by atoms with E-state index in [0.29, 0.717) is 37.1 Å². The maximum absolute atomic E-state index is 5.92. The lowest BCUT2D eigenvalue weighted by Gasteiger charge is -2.13. The van der Waals surface area contributed by atoms with Gasteiger partial charge < -0.3 is 24.1 Å². The van der Waals surface area contributed by atoms with Crippen molar-refractivity contribution in [3.8, 4) is 17.4 Å². The lowest BCUT2D eigenvalue weighted by atomic mass is 10.2. The highest BCUT2D eigenvalue weighted by atomic mass is 16.5. The highest BCUT2D eigenvalue weighted by Gasteiger charge is 2.12. The standard InChI is InChI=1S/C21H25N3O4/c1-14-18(15(2)28-24-14)13-27-19-7-5-16(9-20(19)25-3)10-22-11-17-6-8-21(26-4)23-12-17/h5-9,12,22H,10-11,13H2,1-4H3. The number of benzene rings is 1. The average molecular weight is 383 g/mol. The van der Waals surface area contributed by atoms with Crippen molar-refractivity contribution >= 4 is 0 Å². The van der Waals surface area contributed by atoms with E-state index >= 15 is 0 Å². The lowest BCUT2D eigenvalue weighted by Crippen LogP contribution is -2.13. The fourth-order valence-corrected chi connectivity index (χ4v) is 2.79. The molecule has 0 amide bonds. The number of rotatable bonds is 9. The van der Waals surface area contributed by atoms with E-state index < -0.39 is 0 Å². The van der Waals surface area contributed by atoms with Crippen LogP contribution in [0.2, 0.25) is 0 Å². The maximum Gasteiger partial charge on any atom is 0.212 e. The summed E-state index contributed by atoms with van der Waals surface area (Å²) in [7, 11) is 3.24. The van der Waals surface area contributed by atoms with Crippen LogP contribution >= 0.6 is 0 Å². The van der Waals surface area contributed by atoms with Crippen LogP contribution in [0.4, 0.5) is 0 Å². The minimum absolute atomic E-state index is 0.388. The normalized spacial score (nSPS) is 10.7. The molecular formula is C21H25N3O4. The average Bonchev–Trinajstić information content (AvgIpc) is 3.05. The largest absolute Gasteiger partial charge is 0.493 e. The molecule has 0 aliphatic rings. The van der Waals surface area contributed by atoms with Crippen molar-refractivity contribution in [2.45, 2.75) is 33.5 Å². The molecule has 0 fully saturated rings. The highest BCUT2D eigenvalue weighted by Crippen LogP contribution is 2.29. The van der Waals surface area contributed by atoms with E-state index in [1.807, 2.05) is 44.2 Å². The summed E-state index contributed by atoms with van der Waals surface area (Å²) in [5.74, 6) is 2.76. The Kier molecular flexibility index (Phi) is 6.49. The molecule has 0 aliphatic carbocycles. The Balaban J connectivity index is 1.57. The Morgan fingerprint density at radius 3 is 2.39 bits per heavy atom. The van der Waals surface area contributed by atoms with Crippen molar-refractivity contribution in [1.29, 1.82) is 0 Å². The zero-order valence-electron chi connectivity index (χ0n) is 16.6. The van der Waals surface area contributed by atoms with Crippen LogP contribution in [0.1, 0.15) is 28.1 Å². The predicted octanol–water partition coefficient (Wildman–Crippen LogP) is 3.57. The van der Waals surface area contributed by atoms with Crippen molar-refractivity contribution < 1.29 is 18.7 Å². The van der Waals surface area contributed by atoms with Gasteiger partial charge in [0.1, 0.15) is 12.4 Å². The van der Waals surface area contributed by atoms with E-state index in [2.05, 4.69) is 15.5 Å². The van der Waals surface area contributed by atoms with Gasteiger partial charge in [-0.1, -0.05) is 17.3 Å². The van der Waals surface area contributed by atoms with Gasteiger partial charge in [0.05, 0.1) is 25.5 Å². The van der Waals surface area contributed by atoms with Gasteiger partial charge in [-0.15, -0.1) is 0 Å². The molecule has 0 unspecified atom stereocenters. The van der Waals surface area contributed by atoms with Gasteiger partial charge in [0, 0.05) is 25.4 Å². The van der Waals surface area contributed by atoms with Gasteiger partial charge in [0.25, 0.3) is 0 Å². The number of nitrogens with one attached hydrogen (secondary N) is 1. The van der Waals surface area contributed by atoms with Gasteiger partial charge in [0.2, 0.25) is 5.88 Å². The van der Waals surface area contributed by atoms with Crippen LogP contribution in [0, 0.1) is 13.8 Å². The first-order chi connectivity index (χ1) is 13.6. The Morgan fingerprint density at radius 2 is 1.75 bits per heavy atom. The fraction of sp³-hybridized carbons (Fsp3) is 0.333. The van der Waals surface area contributed by atoms with Crippen LogP contribution in [0.15, 0.2) is 41.1 Å². The predicted molar refractivity (Wildman–Crippen MR) is 105 cm³/mol. The fourth-order valence-electron chi connectivity index (χ4n) is 2.79. The molecule has 1 aromatic carbocycles. The molecule has 28 heavy (non-hydrogen) atoms. The van der Waals surface area contributed by atoms with Crippen LogP contribution < -0.4 is 19.5 Å². The second-order valence-corrected chi connectivity index (χ2v) is 6.39. The number of hydrogen-bond donors (Lipinski definition) is 1. The first-order valence-electron chi connectivity index (χ1n) is 9.01. The minimum Gasteiger partial charge on any atom is -0.493 e. The van der Waals surface area contributed by atoms with E-state index in [1.54, 1.807) is 20.4 Å². The molecule has 7 heteroatoms. The van der Waals surface area contributed by atoms with Crippen LogP contribution in [0.5, 0.6) is 17.4 Å². The molecule has 148 valence electrons. The Morgan fingerprint density at radius 1 is 0.964 bits per heavy atom. The summed E-state index contributed by atoms with van der Waals surface area (Å²) < 4.78 is 21.7. The molecule has 0 atom stereocenters. The molecule has 0 saturated carbocycles. The third kappa shape index (κ3) is 4.80. The maximum atomic E-state index is 5.92. The van der Waals surface area contributed by atoms with E-state index in [0.717, 1.165) is 28.1 Å². The van der Waals surface area contributed by atoms with Crippen LogP contribution in [-0.4, -0.2) is 24.4 Å². The Hall–Kier alpha value is -3.06. The number of aryl methyl sites for hydroxylation is 2. The molecule has 0 spiro atoms. The summed E-state index contributed by atoms with van der Waals surface area (Å²) in [5.41, 5.74) is 3.99. The Labute approximate surface area is 164 Å². The summed E-state index contributed by atoms with van der Waals surface area (Å²) in [5, 5.41) is 7.35. The monoisotopic (exact) mass is 383 g/mol. The molecule has 2 aromatic heterocycles. The first-order valence-corrected chi connectivity index (χ1v) is 9.01. The quantitative estimate of drug-likeness (QED) is 0.605. The van der Waals surface area contributed by atoms with Crippen molar-refractivity contribution in [3.05, 3.63) is 64.7 Å². The molecule has 2 heterocycles. The minimum atomic E-state index is 0.388. The number of aromatic nitrogens is 2. The molecule has 7 nitrogen and oxygen atoms in total. The molecule has 3 aromatic rings. The first kappa shape index (κ1) is 19.7. The topological polar surface area (TPSA) is 78.6 Å². The molecule has 1 N–H and O–H groups in total. The molecular weight excluding hydrogens is 358 g/mol. The zero-order valence-corrected chi connectivity index (χ0v) is 16.6. The molecule has 0 saturated heterocycles. The number of ether oxygens (including phenoxy) is 3. The van der Waals surface area contributed by atoms with Gasteiger partial charge in [-0.3, -0.25) is 0 Å². The molecule has 0 bridgehead atoms. The van der Waals surface area contributed by atoms with Crippen LogP contribution in [0.3, 0.4) is 0 Å². The van der Waals surface area contributed by atoms with Gasteiger partial charge in [-0.25, -0.2) is 4.98 Å². The SMILES string of the molecule is COc1ccc(CNCc2ccc(OCc3c(C)noc3C)c(OC)c2)cn1. The molecule has 0 aliphatic heterocycles. The van der Waals surface area contributed by atoms with Crippen LogP contribution in [-0.2, 0) is 19.7 Å². The second kappa shape index (κ2) is 9.23. The van der Waals surface area contributed by atoms with Crippen molar-refractivity contribution in [2.75, 3.05) is 14.2 Å². The van der Waals surface area contributed by atoms with Crippen molar-refractivity contribution in [1.82, 2.24) is 15.5 Å². The molecule has 3 rings (SSSR count). The van der Waals surface area contributed by atoms with E-state index in [9.17, 15) is 0 Å². The van der Waals surface area contributed by atoms with E-state index in [1.165, 1.54) is 0 Å². The second-order valence-electron chi connectivity index (χ2n) is 6.39. The summed E-state index contributed by atoms with van der Waals surface area (Å²) in [6, 6.07) is 9.76. The number of nitrogens with zero attached hydrogens (tertiary/aromatic N) is 2. The van der Waals surface area contributed by atoms with Crippen molar-refractivity contribution in [3.63, 3.8) is 0 Å². The number of methoxy groups -OCH3 is 2. The van der Waals surface area contributed by atoms with E-state index in [4.69, 9.17) is 18.7 Å². The Bertz CT molecular complexity index is 887. The summed E-state index contributed by atoms with van der Waals surface area (Å²) in [6.07, 6.45) is 1.80. The zero-order chi connectivity index (χ0) is 19.9. The molecule has 0 radical (unpaired) electrons.